The summed E-state index contributed by atoms with van der Waals surface area (Å²) >= 11 is 0. The van der Waals surface area contributed by atoms with Crippen LogP contribution in [0.4, 0.5) is 5.69 Å². The van der Waals surface area contributed by atoms with Crippen molar-refractivity contribution in [2.45, 2.75) is 24.2 Å². The molecule has 7 nitrogen and oxygen atoms in total. The van der Waals surface area contributed by atoms with Crippen molar-refractivity contribution in [3.63, 3.8) is 0 Å². The van der Waals surface area contributed by atoms with Gasteiger partial charge in [0, 0.05) is 18.8 Å². The number of anilines is 1. The molecule has 0 unspecified atom stereocenters. The lowest BCUT2D eigenvalue weighted by molar-refractivity contribution is -0.120. The van der Waals surface area contributed by atoms with Gasteiger partial charge in [0.2, 0.25) is 15.9 Å². The average molecular weight is 419 g/mol. The molecule has 0 atom stereocenters. The van der Waals surface area contributed by atoms with Crippen LogP contribution in [0.25, 0.3) is 0 Å². The van der Waals surface area contributed by atoms with E-state index in [-0.39, 0.29) is 29.6 Å². The van der Waals surface area contributed by atoms with Gasteiger partial charge >= 0.3 is 0 Å². The Kier molecular flexibility index (Phi) is 6.26. The van der Waals surface area contributed by atoms with E-state index in [9.17, 15) is 13.2 Å². The minimum Gasteiger partial charge on any atom is -0.495 e. The minimum atomic E-state index is -3.77. The molecule has 0 saturated carbocycles. The van der Waals surface area contributed by atoms with Crippen LogP contribution in [0.3, 0.4) is 0 Å². The van der Waals surface area contributed by atoms with Crippen LogP contribution >= 0.6 is 0 Å². The molecule has 1 aliphatic heterocycles. The molecule has 156 valence electrons. The molecule has 1 N–H and O–H groups in total. The monoisotopic (exact) mass is 418 g/mol. The van der Waals surface area contributed by atoms with Crippen LogP contribution in [0.1, 0.15) is 19.4 Å². The van der Waals surface area contributed by atoms with E-state index >= 15 is 0 Å². The average Bonchev–Trinajstić information content (AvgIpc) is 2.75. The Morgan fingerprint density at radius 3 is 2.38 bits per heavy atom. The molecule has 2 aromatic rings. The first kappa shape index (κ1) is 21.3. The summed E-state index contributed by atoms with van der Waals surface area (Å²) in [4.78, 5) is 13.0. The summed E-state index contributed by atoms with van der Waals surface area (Å²) < 4.78 is 38.1. The highest BCUT2D eigenvalue weighted by Gasteiger charge is 2.32. The maximum Gasteiger partial charge on any atom is 0.246 e. The summed E-state index contributed by atoms with van der Waals surface area (Å²) in [5, 5.41) is 2.85. The van der Waals surface area contributed by atoms with E-state index in [2.05, 4.69) is 5.32 Å². The number of ether oxygens (including phenoxy) is 2. The Balaban J connectivity index is 1.90. The first-order valence-corrected chi connectivity index (χ1v) is 10.8. The molecule has 3 rings (SSSR count). The Morgan fingerprint density at radius 2 is 1.76 bits per heavy atom. The minimum absolute atomic E-state index is 0.0252. The van der Waals surface area contributed by atoms with Crippen LogP contribution in [0.2, 0.25) is 0 Å². The quantitative estimate of drug-likeness (QED) is 0.780. The maximum absolute atomic E-state index is 13.1. The molecule has 1 heterocycles. The number of carbonyl (C=O) groups is 1. The van der Waals surface area contributed by atoms with E-state index in [0.29, 0.717) is 18.9 Å². The van der Waals surface area contributed by atoms with Gasteiger partial charge in [0.05, 0.1) is 25.7 Å². The zero-order valence-corrected chi connectivity index (χ0v) is 17.7. The molecular weight excluding hydrogens is 392 g/mol. The first-order chi connectivity index (χ1) is 13.8. The van der Waals surface area contributed by atoms with Crippen LogP contribution in [0.5, 0.6) is 5.75 Å². The van der Waals surface area contributed by atoms with Gasteiger partial charge in [-0.25, -0.2) is 8.42 Å². The van der Waals surface area contributed by atoms with Crippen LogP contribution < -0.4 is 10.1 Å². The number of nitrogens with one attached hydrogen (secondary N) is 1. The standard InChI is InChI=1S/C21H26N2O5S/c1-21(2,16-7-5-4-6-8-16)20(24)22-17-9-10-18(27-3)19(15-17)29(25,26)23-11-13-28-14-12-23/h4-10,15H,11-14H2,1-3H3,(H,22,24). The third-order valence-electron chi connectivity index (χ3n) is 5.07. The predicted octanol–water partition coefficient (Wildman–Crippen LogP) is 2.63. The second-order valence-electron chi connectivity index (χ2n) is 7.33. The van der Waals surface area contributed by atoms with Crippen molar-refractivity contribution in [1.29, 1.82) is 0 Å². The Morgan fingerprint density at radius 1 is 1.10 bits per heavy atom. The zero-order chi connectivity index (χ0) is 21.1. The normalized spacial score (nSPS) is 15.7. The molecule has 0 aromatic heterocycles. The van der Waals surface area contributed by atoms with E-state index in [0.717, 1.165) is 5.56 Å². The summed E-state index contributed by atoms with van der Waals surface area (Å²) in [6.07, 6.45) is 0. The summed E-state index contributed by atoms with van der Waals surface area (Å²) in [5.74, 6) is 0.000368. The van der Waals surface area contributed by atoms with Gasteiger partial charge in [0.25, 0.3) is 0 Å². The number of rotatable bonds is 6. The fraction of sp³-hybridized carbons (Fsp3) is 0.381. The fourth-order valence-electron chi connectivity index (χ4n) is 3.16. The summed E-state index contributed by atoms with van der Waals surface area (Å²) in [7, 11) is -2.35. The van der Waals surface area contributed by atoms with E-state index in [1.54, 1.807) is 12.1 Å². The van der Waals surface area contributed by atoms with Gasteiger partial charge in [-0.1, -0.05) is 30.3 Å². The maximum atomic E-state index is 13.1. The number of benzene rings is 2. The largest absolute Gasteiger partial charge is 0.495 e. The first-order valence-electron chi connectivity index (χ1n) is 9.40. The number of morpholine rings is 1. The molecule has 29 heavy (non-hydrogen) atoms. The Hall–Kier alpha value is -2.42. The number of hydrogen-bond acceptors (Lipinski definition) is 5. The third-order valence-corrected chi connectivity index (χ3v) is 6.99. The van der Waals surface area contributed by atoms with Gasteiger partial charge in [0.1, 0.15) is 10.6 Å². The fourth-order valence-corrected chi connectivity index (χ4v) is 4.74. The Labute approximate surface area is 171 Å². The van der Waals surface area contributed by atoms with Gasteiger partial charge in [-0.3, -0.25) is 4.79 Å². The number of sulfonamides is 1. The summed E-state index contributed by atoms with van der Waals surface area (Å²) in [6, 6.07) is 14.1. The van der Waals surface area contributed by atoms with Crippen molar-refractivity contribution in [3.8, 4) is 5.75 Å². The number of amides is 1. The molecule has 1 saturated heterocycles. The van der Waals surface area contributed by atoms with Crippen molar-refractivity contribution in [2.24, 2.45) is 0 Å². The van der Waals surface area contributed by atoms with Crippen LogP contribution in [-0.2, 0) is 25.0 Å². The van der Waals surface area contributed by atoms with Crippen molar-refractivity contribution in [1.82, 2.24) is 4.31 Å². The zero-order valence-electron chi connectivity index (χ0n) is 16.8. The highest BCUT2D eigenvalue weighted by atomic mass is 32.2. The smallest absolute Gasteiger partial charge is 0.246 e. The second-order valence-corrected chi connectivity index (χ2v) is 9.23. The summed E-state index contributed by atoms with van der Waals surface area (Å²) in [6.45, 7) is 4.91. The van der Waals surface area contributed by atoms with Crippen LogP contribution in [0, 0.1) is 0 Å². The molecule has 1 amide bonds. The van der Waals surface area contributed by atoms with E-state index in [1.165, 1.54) is 17.5 Å². The van der Waals surface area contributed by atoms with Gasteiger partial charge in [-0.15, -0.1) is 0 Å². The molecule has 1 aliphatic rings. The number of methoxy groups -OCH3 is 1. The molecular formula is C21H26N2O5S. The molecule has 0 spiro atoms. The van der Waals surface area contributed by atoms with Gasteiger partial charge < -0.3 is 14.8 Å². The van der Waals surface area contributed by atoms with Crippen LogP contribution in [0.15, 0.2) is 53.4 Å². The number of carbonyl (C=O) groups excluding carboxylic acids is 1. The lowest BCUT2D eigenvalue weighted by Crippen LogP contribution is -2.40. The van der Waals surface area contributed by atoms with Gasteiger partial charge in [-0.2, -0.15) is 4.31 Å². The second kappa shape index (κ2) is 8.52. The highest BCUT2D eigenvalue weighted by molar-refractivity contribution is 7.89. The van der Waals surface area contributed by atoms with Gasteiger partial charge in [0.15, 0.2) is 0 Å². The Bertz CT molecular complexity index is 968. The molecule has 0 radical (unpaired) electrons. The van der Waals surface area contributed by atoms with Crippen molar-refractivity contribution in [3.05, 3.63) is 54.1 Å². The van der Waals surface area contributed by atoms with Crippen molar-refractivity contribution in [2.75, 3.05) is 38.7 Å². The molecule has 8 heteroatoms. The highest BCUT2D eigenvalue weighted by Crippen LogP contribution is 2.31. The number of nitrogens with zero attached hydrogens (tertiary/aromatic N) is 1. The summed E-state index contributed by atoms with van der Waals surface area (Å²) in [5.41, 5.74) is 0.476. The third kappa shape index (κ3) is 4.44. The predicted molar refractivity (Wildman–Crippen MR) is 111 cm³/mol. The molecule has 1 fully saturated rings. The van der Waals surface area contributed by atoms with E-state index < -0.39 is 15.4 Å². The lowest BCUT2D eigenvalue weighted by Gasteiger charge is -2.27. The topological polar surface area (TPSA) is 84.9 Å². The molecule has 0 aliphatic carbocycles. The van der Waals surface area contributed by atoms with E-state index in [4.69, 9.17) is 9.47 Å². The lowest BCUT2D eigenvalue weighted by atomic mass is 9.83. The number of hydrogen-bond donors (Lipinski definition) is 1. The SMILES string of the molecule is COc1ccc(NC(=O)C(C)(C)c2ccccc2)cc1S(=O)(=O)N1CCOCC1. The van der Waals surface area contributed by atoms with Crippen LogP contribution in [-0.4, -0.2) is 52.0 Å². The van der Waals surface area contributed by atoms with Crippen molar-refractivity contribution >= 4 is 21.6 Å². The van der Waals surface area contributed by atoms with Crippen molar-refractivity contribution < 1.29 is 22.7 Å². The molecule has 0 bridgehead atoms. The molecule has 2 aromatic carbocycles. The van der Waals surface area contributed by atoms with Gasteiger partial charge in [-0.05, 0) is 37.6 Å². The van der Waals surface area contributed by atoms with E-state index in [1.807, 2.05) is 44.2 Å².